The number of carbonyl (C=O) groups is 1. The number of hydrogen-bond acceptors (Lipinski definition) is 9. The highest BCUT2D eigenvalue weighted by Gasteiger charge is 2.31. The summed E-state index contributed by atoms with van der Waals surface area (Å²) in [6.45, 7) is 5.09. The van der Waals surface area contributed by atoms with E-state index in [2.05, 4.69) is 35.8 Å². The van der Waals surface area contributed by atoms with Gasteiger partial charge in [0.15, 0.2) is 11.6 Å². The smallest absolute Gasteiger partial charge is 0.382 e. The van der Waals surface area contributed by atoms with E-state index in [0.29, 0.717) is 34.2 Å². The van der Waals surface area contributed by atoms with Gasteiger partial charge in [-0.2, -0.15) is 18.2 Å². The molecule has 0 aliphatic carbocycles. The van der Waals surface area contributed by atoms with Crippen molar-refractivity contribution in [2.75, 3.05) is 47.4 Å². The highest BCUT2D eigenvalue weighted by Crippen LogP contribution is 2.31. The number of rotatable bonds is 5. The summed E-state index contributed by atoms with van der Waals surface area (Å²) in [5, 5.41) is 9.24. The second-order valence-corrected chi connectivity index (χ2v) is 9.11. The number of alkyl halides is 3. The molecule has 3 heterocycles. The number of benzene rings is 2. The van der Waals surface area contributed by atoms with E-state index < -0.39 is 17.6 Å². The van der Waals surface area contributed by atoms with Crippen molar-refractivity contribution < 1.29 is 18.0 Å². The molecule has 1 aliphatic heterocycles. The third-order valence-corrected chi connectivity index (χ3v) is 6.32. The Hall–Kier alpha value is -4.52. The average Bonchev–Trinajstić information content (AvgIpc) is 3.20. The van der Waals surface area contributed by atoms with E-state index >= 15 is 0 Å². The Morgan fingerprint density at radius 1 is 1.05 bits per heavy atom. The van der Waals surface area contributed by atoms with Crippen LogP contribution in [0.25, 0.3) is 11.0 Å². The molecule has 13 heteroatoms. The summed E-state index contributed by atoms with van der Waals surface area (Å²) < 4.78 is 39.2. The Kier molecular flexibility index (Phi) is 7.15. The van der Waals surface area contributed by atoms with Gasteiger partial charge in [0, 0.05) is 36.6 Å². The Morgan fingerprint density at radius 2 is 1.90 bits per heavy atom. The summed E-state index contributed by atoms with van der Waals surface area (Å²) in [4.78, 5) is 32.6. The van der Waals surface area contributed by atoms with Gasteiger partial charge in [-0.25, -0.2) is 15.0 Å². The molecule has 1 amide bonds. The van der Waals surface area contributed by atoms with Gasteiger partial charge in [0.05, 0.1) is 5.56 Å². The zero-order valence-corrected chi connectivity index (χ0v) is 21.0. The van der Waals surface area contributed by atoms with Gasteiger partial charge in [-0.05, 0) is 55.8 Å². The zero-order valence-electron chi connectivity index (χ0n) is 21.0. The number of hydrogen-bond donors (Lipinski definition) is 4. The Balaban J connectivity index is 1.43. The number of carbonyl (C=O) groups excluding carboxylic acids is 1. The Morgan fingerprint density at radius 3 is 2.72 bits per heavy atom. The van der Waals surface area contributed by atoms with Crippen LogP contribution in [0.3, 0.4) is 0 Å². The molecular weight excluding hydrogens is 511 g/mol. The van der Waals surface area contributed by atoms with E-state index in [4.69, 9.17) is 10.7 Å². The summed E-state index contributed by atoms with van der Waals surface area (Å²) >= 11 is 0. The highest BCUT2D eigenvalue weighted by atomic mass is 19.4. The first-order valence-electron chi connectivity index (χ1n) is 12.3. The first-order valence-corrected chi connectivity index (χ1v) is 12.3. The van der Waals surface area contributed by atoms with Crippen LogP contribution in [-0.4, -0.2) is 52.0 Å². The lowest BCUT2D eigenvalue weighted by molar-refractivity contribution is -0.137. The second-order valence-electron chi connectivity index (χ2n) is 9.11. The molecular formula is C26H26F3N9O. The predicted octanol–water partition coefficient (Wildman–Crippen LogP) is 4.12. The van der Waals surface area contributed by atoms with E-state index in [1.54, 1.807) is 18.2 Å². The van der Waals surface area contributed by atoms with Crippen molar-refractivity contribution >= 4 is 45.9 Å². The van der Waals surface area contributed by atoms with Crippen molar-refractivity contribution in [3.8, 4) is 0 Å². The minimum absolute atomic E-state index is 0.106. The maximum atomic E-state index is 13.1. The molecule has 1 fully saturated rings. The maximum absolute atomic E-state index is 13.1. The molecule has 1 aliphatic rings. The summed E-state index contributed by atoms with van der Waals surface area (Å²) in [7, 11) is 0. The molecule has 0 saturated carbocycles. The van der Waals surface area contributed by atoms with Gasteiger partial charge in [0.25, 0.3) is 5.91 Å². The standard InChI is InChI=1S/C26H26F3N9O/c1-15-6-7-18(34-24(39)16-4-2-5-17(12-16)26(27,28)29)13-19(15)35-23-21-20(32-14-33-23)22(30)37-25(36-21)38-10-3-8-31-9-11-38/h2,4-7,12-14,31H,3,8-11H2,1H3,(H,34,39)(H2,30,36,37)(H,32,33,35). The summed E-state index contributed by atoms with van der Waals surface area (Å²) in [6.07, 6.45) is -2.25. The quantitative estimate of drug-likeness (QED) is 0.297. The fourth-order valence-corrected chi connectivity index (χ4v) is 4.24. The lowest BCUT2D eigenvalue weighted by atomic mass is 10.1. The lowest BCUT2D eigenvalue weighted by Crippen LogP contribution is -2.29. The molecule has 1 saturated heterocycles. The second kappa shape index (κ2) is 10.7. The van der Waals surface area contributed by atoms with Crippen LogP contribution in [-0.2, 0) is 6.18 Å². The van der Waals surface area contributed by atoms with Crippen molar-refractivity contribution in [2.45, 2.75) is 19.5 Å². The van der Waals surface area contributed by atoms with E-state index in [1.807, 2.05) is 6.92 Å². The van der Waals surface area contributed by atoms with Gasteiger partial charge >= 0.3 is 6.18 Å². The topological polar surface area (TPSA) is 134 Å². The van der Waals surface area contributed by atoms with E-state index in [1.165, 1.54) is 18.5 Å². The summed E-state index contributed by atoms with van der Waals surface area (Å²) in [5.41, 5.74) is 7.90. The largest absolute Gasteiger partial charge is 0.416 e. The fourth-order valence-electron chi connectivity index (χ4n) is 4.24. The number of halogens is 3. The van der Waals surface area contributed by atoms with Gasteiger partial charge in [0.2, 0.25) is 5.95 Å². The zero-order chi connectivity index (χ0) is 27.6. The first kappa shape index (κ1) is 26.1. The minimum atomic E-state index is -4.55. The number of anilines is 5. The molecule has 0 spiro atoms. The van der Waals surface area contributed by atoms with E-state index in [0.717, 1.165) is 50.3 Å². The number of aryl methyl sites for hydroxylation is 1. The van der Waals surface area contributed by atoms with Crippen molar-refractivity contribution in [1.29, 1.82) is 0 Å². The van der Waals surface area contributed by atoms with Crippen LogP contribution in [0.5, 0.6) is 0 Å². The SMILES string of the molecule is Cc1ccc(NC(=O)c2cccc(C(F)(F)F)c2)cc1Nc1ncnc2c(N)nc(N3CCCNCC3)nc12. The molecule has 2 aromatic heterocycles. The van der Waals surface area contributed by atoms with Crippen LogP contribution < -0.4 is 26.6 Å². The molecule has 0 radical (unpaired) electrons. The van der Waals surface area contributed by atoms with Crippen LogP contribution in [0.2, 0.25) is 0 Å². The van der Waals surface area contributed by atoms with Crippen LogP contribution in [0.1, 0.15) is 27.9 Å². The van der Waals surface area contributed by atoms with Gasteiger partial charge in [0.1, 0.15) is 17.4 Å². The molecule has 0 bridgehead atoms. The van der Waals surface area contributed by atoms with Gasteiger partial charge in [-0.1, -0.05) is 12.1 Å². The number of nitrogens with zero attached hydrogens (tertiary/aromatic N) is 5. The lowest BCUT2D eigenvalue weighted by Gasteiger charge is -2.21. The number of amides is 1. The third kappa shape index (κ3) is 5.82. The Bertz CT molecular complexity index is 1520. The molecule has 202 valence electrons. The molecule has 4 aromatic rings. The predicted molar refractivity (Wildman–Crippen MR) is 143 cm³/mol. The van der Waals surface area contributed by atoms with Crippen molar-refractivity contribution in [3.05, 3.63) is 65.5 Å². The van der Waals surface area contributed by atoms with Crippen LogP contribution in [0.15, 0.2) is 48.8 Å². The third-order valence-electron chi connectivity index (χ3n) is 6.32. The number of fused-ring (bicyclic) bond motifs is 1. The van der Waals surface area contributed by atoms with Gasteiger partial charge < -0.3 is 26.6 Å². The van der Waals surface area contributed by atoms with Crippen LogP contribution in [0, 0.1) is 6.92 Å². The summed E-state index contributed by atoms with van der Waals surface area (Å²) in [5.74, 6) is 0.449. The van der Waals surface area contributed by atoms with Crippen molar-refractivity contribution in [1.82, 2.24) is 25.3 Å². The molecule has 10 nitrogen and oxygen atoms in total. The highest BCUT2D eigenvalue weighted by molar-refractivity contribution is 6.04. The van der Waals surface area contributed by atoms with Gasteiger partial charge in [-0.3, -0.25) is 4.79 Å². The fraction of sp³-hybridized carbons (Fsp3) is 0.269. The maximum Gasteiger partial charge on any atom is 0.416 e. The monoisotopic (exact) mass is 537 g/mol. The minimum Gasteiger partial charge on any atom is -0.382 e. The molecule has 5 rings (SSSR count). The van der Waals surface area contributed by atoms with Gasteiger partial charge in [-0.15, -0.1) is 0 Å². The number of nitrogens with two attached hydrogens (primary N) is 1. The van der Waals surface area contributed by atoms with E-state index in [9.17, 15) is 18.0 Å². The number of nitrogen functional groups attached to an aromatic ring is 1. The molecule has 0 atom stereocenters. The number of aromatic nitrogens is 4. The molecule has 0 unspecified atom stereocenters. The normalized spacial score (nSPS) is 14.2. The average molecular weight is 538 g/mol. The van der Waals surface area contributed by atoms with Crippen molar-refractivity contribution in [2.24, 2.45) is 0 Å². The first-order chi connectivity index (χ1) is 18.7. The summed E-state index contributed by atoms with van der Waals surface area (Å²) in [6, 6.07) is 9.36. The molecule has 39 heavy (non-hydrogen) atoms. The van der Waals surface area contributed by atoms with Crippen LogP contribution in [0.4, 0.5) is 42.1 Å². The van der Waals surface area contributed by atoms with E-state index in [-0.39, 0.29) is 11.4 Å². The van der Waals surface area contributed by atoms with Crippen molar-refractivity contribution in [3.63, 3.8) is 0 Å². The Labute approximate surface area is 221 Å². The molecule has 5 N–H and O–H groups in total. The number of nitrogens with one attached hydrogen (secondary N) is 3. The van der Waals surface area contributed by atoms with Crippen LogP contribution >= 0.6 is 0 Å². The molecule has 2 aromatic carbocycles.